The van der Waals surface area contributed by atoms with E-state index in [1.807, 2.05) is 0 Å². The predicted molar refractivity (Wildman–Crippen MR) is 111 cm³/mol. The zero-order chi connectivity index (χ0) is 25.3. The second-order valence-corrected chi connectivity index (χ2v) is 8.42. The summed E-state index contributed by atoms with van der Waals surface area (Å²) >= 11 is 0. The van der Waals surface area contributed by atoms with Crippen molar-refractivity contribution in [1.82, 2.24) is 14.5 Å². The van der Waals surface area contributed by atoms with Crippen LogP contribution in [-0.2, 0) is 17.5 Å². The Balaban J connectivity index is 1.69. The second kappa shape index (κ2) is 9.67. The Morgan fingerprint density at radius 2 is 1.88 bits per heavy atom. The number of carbonyl (C=O) groups excluding carboxylic acids is 2. The lowest BCUT2D eigenvalue weighted by molar-refractivity contribution is -0.140. The lowest BCUT2D eigenvalue weighted by Gasteiger charge is -2.35. The minimum atomic E-state index is -4.58. The molecule has 0 radical (unpaired) electrons. The summed E-state index contributed by atoms with van der Waals surface area (Å²) in [4.78, 5) is 30.8. The average Bonchev–Trinajstić information content (AvgIpc) is 3.09. The molecule has 34 heavy (non-hydrogen) atoms. The number of nitrogens with one attached hydrogen (secondary N) is 1. The van der Waals surface area contributed by atoms with Gasteiger partial charge in [-0.2, -0.15) is 26.3 Å². The van der Waals surface area contributed by atoms with Crippen LogP contribution < -0.4 is 5.32 Å². The van der Waals surface area contributed by atoms with Crippen LogP contribution in [-0.4, -0.2) is 45.5 Å². The molecule has 1 fully saturated rings. The van der Waals surface area contributed by atoms with E-state index < -0.39 is 48.2 Å². The van der Waals surface area contributed by atoms with Crippen molar-refractivity contribution in [3.05, 3.63) is 47.4 Å². The van der Waals surface area contributed by atoms with E-state index in [2.05, 4.69) is 10.3 Å². The van der Waals surface area contributed by atoms with Crippen LogP contribution >= 0.6 is 0 Å². The second-order valence-electron chi connectivity index (χ2n) is 8.42. The number of amides is 2. The van der Waals surface area contributed by atoms with E-state index in [0.717, 1.165) is 29.1 Å². The molecule has 0 spiro atoms. The van der Waals surface area contributed by atoms with E-state index >= 15 is 0 Å². The quantitative estimate of drug-likeness (QED) is 0.597. The number of hydrogen-bond acceptors (Lipinski definition) is 3. The molecule has 1 heterocycles. The highest BCUT2D eigenvalue weighted by atomic mass is 19.4. The number of imidazole rings is 1. The molecule has 0 unspecified atom stereocenters. The van der Waals surface area contributed by atoms with Crippen molar-refractivity contribution >= 4 is 17.6 Å². The van der Waals surface area contributed by atoms with Crippen molar-refractivity contribution in [3.8, 4) is 0 Å². The Morgan fingerprint density at radius 3 is 2.53 bits per heavy atom. The van der Waals surface area contributed by atoms with Crippen molar-refractivity contribution < 1.29 is 35.9 Å². The third-order valence-corrected chi connectivity index (χ3v) is 5.93. The standard InChI is InChI=1S/C22H24F6N4O2/c1-13-18(32(12-29-13)11-21(23,24)25)30-19(33)14-5-4-8-17(10-14)31(2)20(34)15-6-3-7-16(9-15)22(26,27)28/h3,6-7,9,12,14,17H,4-5,8,10-11H2,1-2H3,(H,30,33)/t14-,17+/m0/s1. The van der Waals surface area contributed by atoms with Crippen LogP contribution in [0, 0.1) is 12.8 Å². The van der Waals surface area contributed by atoms with Crippen molar-refractivity contribution in [2.75, 3.05) is 12.4 Å². The maximum atomic E-state index is 13.0. The number of hydrogen-bond donors (Lipinski definition) is 1. The molecule has 1 saturated carbocycles. The number of benzene rings is 1. The van der Waals surface area contributed by atoms with Gasteiger partial charge in [-0.25, -0.2) is 4.98 Å². The Bertz CT molecular complexity index is 1050. The van der Waals surface area contributed by atoms with E-state index in [0.29, 0.717) is 19.3 Å². The molecule has 1 aromatic carbocycles. The SMILES string of the molecule is Cc1ncn(CC(F)(F)F)c1NC(=O)[C@H]1CCC[C@@H](N(C)C(=O)c2cccc(C(F)(F)F)c2)C1. The lowest BCUT2D eigenvalue weighted by Crippen LogP contribution is -2.42. The number of nitrogens with zero attached hydrogens (tertiary/aromatic N) is 3. The molecular formula is C22H24F6N4O2. The van der Waals surface area contributed by atoms with Crippen molar-refractivity contribution in [2.45, 2.75) is 57.5 Å². The maximum Gasteiger partial charge on any atom is 0.416 e. The van der Waals surface area contributed by atoms with Gasteiger partial charge in [0.1, 0.15) is 12.4 Å². The van der Waals surface area contributed by atoms with Crippen LogP contribution in [0.25, 0.3) is 0 Å². The Labute approximate surface area is 191 Å². The van der Waals surface area contributed by atoms with Gasteiger partial charge >= 0.3 is 12.4 Å². The van der Waals surface area contributed by atoms with Crippen LogP contribution in [0.5, 0.6) is 0 Å². The predicted octanol–water partition coefficient (Wildman–Crippen LogP) is 5.04. The average molecular weight is 490 g/mol. The van der Waals surface area contributed by atoms with E-state index in [1.165, 1.54) is 24.9 Å². The molecule has 2 atom stereocenters. The number of aromatic nitrogens is 2. The molecule has 2 amide bonds. The molecule has 186 valence electrons. The Morgan fingerprint density at radius 1 is 1.18 bits per heavy atom. The van der Waals surface area contributed by atoms with Crippen LogP contribution in [0.3, 0.4) is 0 Å². The highest BCUT2D eigenvalue weighted by Gasteiger charge is 2.35. The fraction of sp³-hybridized carbons (Fsp3) is 0.500. The molecule has 1 aromatic heterocycles. The normalized spacial score (nSPS) is 19.1. The molecule has 12 heteroatoms. The first-order chi connectivity index (χ1) is 15.8. The van der Waals surface area contributed by atoms with Gasteiger partial charge in [-0.05, 0) is 44.4 Å². The van der Waals surface area contributed by atoms with Gasteiger partial charge in [0.2, 0.25) is 5.91 Å². The minimum absolute atomic E-state index is 0.0437. The van der Waals surface area contributed by atoms with E-state index in [-0.39, 0.29) is 23.5 Å². The molecule has 0 aliphatic heterocycles. The third kappa shape index (κ3) is 6.09. The first-order valence-corrected chi connectivity index (χ1v) is 10.6. The molecule has 1 aliphatic rings. The van der Waals surface area contributed by atoms with Crippen LogP contribution in [0.2, 0.25) is 0 Å². The summed E-state index contributed by atoms with van der Waals surface area (Å²) < 4.78 is 78.2. The molecular weight excluding hydrogens is 466 g/mol. The van der Waals surface area contributed by atoms with E-state index in [9.17, 15) is 35.9 Å². The summed E-state index contributed by atoms with van der Waals surface area (Å²) in [6.45, 7) is 0.179. The summed E-state index contributed by atoms with van der Waals surface area (Å²) in [5.41, 5.74) is -0.809. The Hall–Kier alpha value is -3.05. The van der Waals surface area contributed by atoms with Gasteiger partial charge in [0, 0.05) is 24.6 Å². The number of anilines is 1. The van der Waals surface area contributed by atoms with Gasteiger partial charge in [-0.1, -0.05) is 12.5 Å². The largest absolute Gasteiger partial charge is 0.416 e. The smallest absolute Gasteiger partial charge is 0.339 e. The number of rotatable bonds is 5. The van der Waals surface area contributed by atoms with Crippen molar-refractivity contribution in [3.63, 3.8) is 0 Å². The minimum Gasteiger partial charge on any atom is -0.339 e. The lowest BCUT2D eigenvalue weighted by atomic mass is 9.84. The number of carbonyl (C=O) groups is 2. The number of aryl methyl sites for hydroxylation is 1. The Kier molecular flexibility index (Phi) is 7.27. The molecule has 1 aliphatic carbocycles. The molecule has 0 saturated heterocycles. The zero-order valence-electron chi connectivity index (χ0n) is 18.5. The first-order valence-electron chi connectivity index (χ1n) is 10.6. The molecule has 6 nitrogen and oxygen atoms in total. The number of halogens is 6. The van der Waals surface area contributed by atoms with Crippen LogP contribution in [0.1, 0.15) is 47.3 Å². The topological polar surface area (TPSA) is 67.2 Å². The number of alkyl halides is 6. The van der Waals surface area contributed by atoms with E-state index in [4.69, 9.17) is 0 Å². The molecule has 3 rings (SSSR count). The highest BCUT2D eigenvalue weighted by molar-refractivity contribution is 5.95. The van der Waals surface area contributed by atoms with Crippen LogP contribution in [0.15, 0.2) is 30.6 Å². The van der Waals surface area contributed by atoms with Gasteiger partial charge in [-0.3, -0.25) is 9.59 Å². The first kappa shape index (κ1) is 25.6. The fourth-order valence-corrected chi connectivity index (χ4v) is 4.13. The fourth-order valence-electron chi connectivity index (χ4n) is 4.13. The summed E-state index contributed by atoms with van der Waals surface area (Å²) in [5, 5.41) is 2.53. The molecule has 1 N–H and O–H groups in total. The molecule has 0 bridgehead atoms. The third-order valence-electron chi connectivity index (χ3n) is 5.93. The van der Waals surface area contributed by atoms with Gasteiger partial charge in [0.05, 0.1) is 17.6 Å². The summed E-state index contributed by atoms with van der Waals surface area (Å²) in [5.74, 6) is -1.71. The summed E-state index contributed by atoms with van der Waals surface area (Å²) in [7, 11) is 1.47. The zero-order valence-corrected chi connectivity index (χ0v) is 18.5. The van der Waals surface area contributed by atoms with Gasteiger partial charge in [0.15, 0.2) is 0 Å². The van der Waals surface area contributed by atoms with Gasteiger partial charge in [0.25, 0.3) is 5.91 Å². The summed E-state index contributed by atoms with van der Waals surface area (Å²) in [6, 6.07) is 3.71. The monoisotopic (exact) mass is 490 g/mol. The van der Waals surface area contributed by atoms with Crippen molar-refractivity contribution in [1.29, 1.82) is 0 Å². The van der Waals surface area contributed by atoms with Crippen LogP contribution in [0.4, 0.5) is 32.2 Å². The van der Waals surface area contributed by atoms with E-state index in [1.54, 1.807) is 0 Å². The highest BCUT2D eigenvalue weighted by Crippen LogP contribution is 2.32. The van der Waals surface area contributed by atoms with Gasteiger partial charge in [-0.15, -0.1) is 0 Å². The van der Waals surface area contributed by atoms with Gasteiger partial charge < -0.3 is 14.8 Å². The van der Waals surface area contributed by atoms with Crippen molar-refractivity contribution in [2.24, 2.45) is 5.92 Å². The summed E-state index contributed by atoms with van der Waals surface area (Å²) in [6.07, 6.45) is -6.24. The maximum absolute atomic E-state index is 13.0. The molecule has 2 aromatic rings.